The summed E-state index contributed by atoms with van der Waals surface area (Å²) in [5.41, 5.74) is 0. The van der Waals surface area contributed by atoms with E-state index >= 15 is 0 Å². The van der Waals surface area contributed by atoms with Gasteiger partial charge in [0.15, 0.2) is 0 Å². The van der Waals surface area contributed by atoms with Gasteiger partial charge in [-0.2, -0.15) is 0 Å². The zero-order valence-electron chi connectivity index (χ0n) is 17.1. The SMILES string of the molecule is CCCCCCCCCCCCCCCCOP(=O)(OCC)OCC. The molecule has 0 atom stereocenters. The third-order valence-corrected chi connectivity index (χ3v) is 5.97. The maximum absolute atomic E-state index is 12.1. The van der Waals surface area contributed by atoms with Crippen molar-refractivity contribution >= 4 is 7.82 Å². The molecule has 25 heavy (non-hydrogen) atoms. The third-order valence-electron chi connectivity index (χ3n) is 4.32. The van der Waals surface area contributed by atoms with E-state index in [-0.39, 0.29) is 0 Å². The lowest BCUT2D eigenvalue weighted by Crippen LogP contribution is -2.01. The van der Waals surface area contributed by atoms with Crippen LogP contribution in [0.5, 0.6) is 0 Å². The van der Waals surface area contributed by atoms with Crippen LogP contribution in [0.3, 0.4) is 0 Å². The molecule has 0 aromatic carbocycles. The molecule has 0 aliphatic rings. The highest BCUT2D eigenvalue weighted by Gasteiger charge is 2.24. The first-order chi connectivity index (χ1) is 12.2. The predicted molar refractivity (Wildman–Crippen MR) is 107 cm³/mol. The molecule has 4 nitrogen and oxygen atoms in total. The molecule has 0 N–H and O–H groups in total. The number of phosphoric ester groups is 1. The first-order valence-corrected chi connectivity index (χ1v) is 12.2. The number of unbranched alkanes of at least 4 members (excludes halogenated alkanes) is 13. The number of rotatable bonds is 20. The van der Waals surface area contributed by atoms with Crippen molar-refractivity contribution in [1.29, 1.82) is 0 Å². The van der Waals surface area contributed by atoms with Gasteiger partial charge in [0.25, 0.3) is 0 Å². The summed E-state index contributed by atoms with van der Waals surface area (Å²) in [6, 6.07) is 0. The monoisotopic (exact) mass is 378 g/mol. The molecule has 0 aromatic rings. The van der Waals surface area contributed by atoms with Gasteiger partial charge < -0.3 is 0 Å². The van der Waals surface area contributed by atoms with Gasteiger partial charge in [0.05, 0.1) is 19.8 Å². The minimum absolute atomic E-state index is 0.343. The zero-order chi connectivity index (χ0) is 18.6. The van der Waals surface area contributed by atoms with Crippen LogP contribution in [0.15, 0.2) is 0 Å². The minimum Gasteiger partial charge on any atom is -0.287 e. The van der Waals surface area contributed by atoms with Crippen LogP contribution in [-0.4, -0.2) is 19.8 Å². The van der Waals surface area contributed by atoms with Gasteiger partial charge >= 0.3 is 7.82 Å². The van der Waals surface area contributed by atoms with Gasteiger partial charge in [0.1, 0.15) is 0 Å². The molecule has 0 bridgehead atoms. The normalized spacial score (nSPS) is 12.0. The van der Waals surface area contributed by atoms with Crippen LogP contribution in [0.25, 0.3) is 0 Å². The minimum atomic E-state index is -3.31. The summed E-state index contributed by atoms with van der Waals surface area (Å²) in [5, 5.41) is 0. The average Bonchev–Trinajstić information content (AvgIpc) is 2.59. The Hall–Kier alpha value is 0.110. The van der Waals surface area contributed by atoms with E-state index in [1.807, 2.05) is 0 Å². The van der Waals surface area contributed by atoms with E-state index in [1.165, 1.54) is 77.0 Å². The maximum atomic E-state index is 12.1. The summed E-state index contributed by atoms with van der Waals surface area (Å²) in [6.45, 7) is 7.00. The molecule has 0 unspecified atom stereocenters. The quantitative estimate of drug-likeness (QED) is 0.161. The molecule has 0 aliphatic heterocycles. The van der Waals surface area contributed by atoms with Crippen LogP contribution < -0.4 is 0 Å². The van der Waals surface area contributed by atoms with Crippen molar-refractivity contribution in [3.8, 4) is 0 Å². The molecule has 0 fully saturated rings. The van der Waals surface area contributed by atoms with Crippen molar-refractivity contribution in [1.82, 2.24) is 0 Å². The van der Waals surface area contributed by atoms with Crippen molar-refractivity contribution in [2.45, 2.75) is 111 Å². The standard InChI is InChI=1S/C20H43O4P/c1-4-7-8-9-10-11-12-13-14-15-16-17-18-19-20-24-25(21,22-5-2)23-6-3/h4-20H2,1-3H3. The molecule has 0 aliphatic carbocycles. The molecule has 0 heterocycles. The Morgan fingerprint density at radius 3 is 1.24 bits per heavy atom. The lowest BCUT2D eigenvalue weighted by Gasteiger charge is -2.16. The Morgan fingerprint density at radius 2 is 0.880 bits per heavy atom. The van der Waals surface area contributed by atoms with Gasteiger partial charge in [-0.15, -0.1) is 0 Å². The van der Waals surface area contributed by atoms with Crippen LogP contribution in [0.2, 0.25) is 0 Å². The second-order valence-corrected chi connectivity index (χ2v) is 8.38. The molecule has 0 rings (SSSR count). The molecule has 0 aromatic heterocycles. The summed E-state index contributed by atoms with van der Waals surface area (Å²) in [5.74, 6) is 0. The van der Waals surface area contributed by atoms with Gasteiger partial charge in [-0.1, -0.05) is 90.4 Å². The number of hydrogen-bond donors (Lipinski definition) is 0. The van der Waals surface area contributed by atoms with Crippen LogP contribution >= 0.6 is 7.82 Å². The first kappa shape index (κ1) is 25.1. The fourth-order valence-corrected chi connectivity index (χ4v) is 4.11. The fraction of sp³-hybridized carbons (Fsp3) is 1.00. The molecule has 0 spiro atoms. The van der Waals surface area contributed by atoms with Crippen LogP contribution in [0.4, 0.5) is 0 Å². The van der Waals surface area contributed by atoms with Gasteiger partial charge in [-0.25, -0.2) is 4.57 Å². The summed E-state index contributed by atoms with van der Waals surface area (Å²) in [4.78, 5) is 0. The van der Waals surface area contributed by atoms with Gasteiger partial charge in [0, 0.05) is 0 Å². The molecule has 0 amide bonds. The molecule has 0 saturated carbocycles. The number of hydrogen-bond acceptors (Lipinski definition) is 4. The highest BCUT2D eigenvalue weighted by molar-refractivity contribution is 7.48. The smallest absolute Gasteiger partial charge is 0.287 e. The summed E-state index contributed by atoms with van der Waals surface area (Å²) < 4.78 is 27.6. The second-order valence-electron chi connectivity index (χ2n) is 6.71. The summed E-state index contributed by atoms with van der Waals surface area (Å²) >= 11 is 0. The Labute approximate surface area is 157 Å². The largest absolute Gasteiger partial charge is 0.474 e. The van der Waals surface area contributed by atoms with E-state index < -0.39 is 7.82 Å². The fourth-order valence-electron chi connectivity index (χ4n) is 2.90. The van der Waals surface area contributed by atoms with E-state index in [1.54, 1.807) is 13.8 Å². The van der Waals surface area contributed by atoms with Crippen LogP contribution in [-0.2, 0) is 18.1 Å². The third kappa shape index (κ3) is 17.3. The van der Waals surface area contributed by atoms with Gasteiger partial charge in [-0.3, -0.25) is 13.6 Å². The molecule has 152 valence electrons. The van der Waals surface area contributed by atoms with E-state index in [2.05, 4.69) is 6.92 Å². The Balaban J connectivity index is 3.29. The Bertz CT molecular complexity index is 300. The first-order valence-electron chi connectivity index (χ1n) is 10.7. The van der Waals surface area contributed by atoms with Crippen molar-refractivity contribution in [3.63, 3.8) is 0 Å². The highest BCUT2D eigenvalue weighted by atomic mass is 31.2. The van der Waals surface area contributed by atoms with Crippen molar-refractivity contribution < 1.29 is 18.1 Å². The maximum Gasteiger partial charge on any atom is 0.474 e. The van der Waals surface area contributed by atoms with Crippen LogP contribution in [0, 0.1) is 0 Å². The topological polar surface area (TPSA) is 44.8 Å². The molecule has 0 radical (unpaired) electrons. The Kier molecular flexibility index (Phi) is 19.0. The van der Waals surface area contributed by atoms with E-state index in [9.17, 15) is 4.57 Å². The van der Waals surface area contributed by atoms with E-state index in [4.69, 9.17) is 13.6 Å². The second kappa shape index (κ2) is 18.9. The van der Waals surface area contributed by atoms with Gasteiger partial charge in [0.2, 0.25) is 0 Å². The average molecular weight is 379 g/mol. The lowest BCUT2D eigenvalue weighted by molar-refractivity contribution is 0.120. The Morgan fingerprint density at radius 1 is 0.520 bits per heavy atom. The summed E-state index contributed by atoms with van der Waals surface area (Å²) in [6.07, 6.45) is 18.5. The predicted octanol–water partition coefficient (Wildman–Crippen LogP) is 7.67. The summed E-state index contributed by atoms with van der Waals surface area (Å²) in [7, 11) is -3.31. The van der Waals surface area contributed by atoms with E-state index in [0.717, 1.165) is 12.8 Å². The van der Waals surface area contributed by atoms with E-state index in [0.29, 0.717) is 19.8 Å². The van der Waals surface area contributed by atoms with Crippen molar-refractivity contribution in [3.05, 3.63) is 0 Å². The molecular weight excluding hydrogens is 335 g/mol. The van der Waals surface area contributed by atoms with Gasteiger partial charge in [-0.05, 0) is 20.3 Å². The van der Waals surface area contributed by atoms with Crippen LogP contribution in [0.1, 0.15) is 111 Å². The molecule has 5 heteroatoms. The lowest BCUT2D eigenvalue weighted by atomic mass is 10.0. The zero-order valence-corrected chi connectivity index (χ0v) is 18.0. The molecule has 0 saturated heterocycles. The highest BCUT2D eigenvalue weighted by Crippen LogP contribution is 2.49. The van der Waals surface area contributed by atoms with Crippen molar-refractivity contribution in [2.75, 3.05) is 19.8 Å². The number of phosphoric acid groups is 1. The van der Waals surface area contributed by atoms with Crippen molar-refractivity contribution in [2.24, 2.45) is 0 Å². The molecular formula is C20H43O4P.